The van der Waals surface area contributed by atoms with Crippen LogP contribution in [0.5, 0.6) is 0 Å². The second-order valence-electron chi connectivity index (χ2n) is 7.49. The highest BCUT2D eigenvalue weighted by Crippen LogP contribution is 2.13. The molecule has 0 aliphatic heterocycles. The summed E-state index contributed by atoms with van der Waals surface area (Å²) in [5.41, 5.74) is 7.20. The fourth-order valence-electron chi connectivity index (χ4n) is 3.14. The average Bonchev–Trinajstić information content (AvgIpc) is 2.89. The number of nitrogens with one attached hydrogen (secondary N) is 1. The van der Waals surface area contributed by atoms with Gasteiger partial charge >= 0.3 is 12.1 Å². The highest BCUT2D eigenvalue weighted by molar-refractivity contribution is 5.93. The van der Waals surface area contributed by atoms with Crippen molar-refractivity contribution in [1.82, 2.24) is 10.4 Å². The molecule has 3 N–H and O–H groups in total. The molecule has 1 atom stereocenters. The van der Waals surface area contributed by atoms with Crippen LogP contribution in [0.15, 0.2) is 91.0 Å². The van der Waals surface area contributed by atoms with Crippen molar-refractivity contribution >= 4 is 23.9 Å². The molecule has 3 amide bonds. The van der Waals surface area contributed by atoms with Gasteiger partial charge in [0.05, 0.1) is 5.56 Å². The third-order valence-corrected chi connectivity index (χ3v) is 4.92. The number of nitrogens with zero attached hydrogens (tertiary/aromatic N) is 1. The van der Waals surface area contributed by atoms with E-state index >= 15 is 0 Å². The Balaban J connectivity index is 1.71. The van der Waals surface area contributed by atoms with Crippen LogP contribution >= 0.6 is 0 Å². The average molecular weight is 476 g/mol. The molecule has 0 spiro atoms. The van der Waals surface area contributed by atoms with Crippen LogP contribution in [0.3, 0.4) is 0 Å². The van der Waals surface area contributed by atoms with Gasteiger partial charge in [-0.15, -0.1) is 0 Å². The molecule has 0 radical (unpaired) electrons. The Kier molecular flexibility index (Phi) is 8.95. The van der Waals surface area contributed by atoms with Crippen molar-refractivity contribution in [3.8, 4) is 0 Å². The number of hydrogen-bond donors (Lipinski definition) is 2. The molecule has 0 aliphatic rings. The maximum atomic E-state index is 13.0. The number of hydroxylamine groups is 2. The topological polar surface area (TPSA) is 128 Å². The van der Waals surface area contributed by atoms with Gasteiger partial charge in [-0.25, -0.2) is 9.59 Å². The Bertz CT molecular complexity index is 1140. The van der Waals surface area contributed by atoms with Crippen LogP contribution in [0, 0.1) is 0 Å². The molecule has 0 aromatic heterocycles. The van der Waals surface area contributed by atoms with Gasteiger partial charge in [0.15, 0.2) is 6.04 Å². The number of carbonyl (C=O) groups is 4. The molecule has 0 saturated heterocycles. The summed E-state index contributed by atoms with van der Waals surface area (Å²) in [6.45, 7) is -0.584. The number of benzene rings is 3. The van der Waals surface area contributed by atoms with Gasteiger partial charge in [0.25, 0.3) is 5.91 Å². The third-order valence-electron chi connectivity index (χ3n) is 4.92. The van der Waals surface area contributed by atoms with Gasteiger partial charge in [-0.1, -0.05) is 78.9 Å². The van der Waals surface area contributed by atoms with E-state index in [4.69, 9.17) is 15.3 Å². The molecule has 9 heteroatoms. The summed E-state index contributed by atoms with van der Waals surface area (Å²) in [6, 6.07) is 24.5. The predicted molar refractivity (Wildman–Crippen MR) is 126 cm³/mol. The van der Waals surface area contributed by atoms with Crippen molar-refractivity contribution in [1.29, 1.82) is 0 Å². The molecule has 3 rings (SSSR count). The lowest BCUT2D eigenvalue weighted by Gasteiger charge is -2.28. The van der Waals surface area contributed by atoms with Crippen molar-refractivity contribution in [3.05, 3.63) is 108 Å². The number of alkyl carbamates (subject to hydrolysis) is 1. The second kappa shape index (κ2) is 12.5. The Morgan fingerprint density at radius 1 is 0.800 bits per heavy atom. The summed E-state index contributed by atoms with van der Waals surface area (Å²) in [4.78, 5) is 55.3. The second-order valence-corrected chi connectivity index (χ2v) is 7.49. The van der Waals surface area contributed by atoms with E-state index in [1.165, 1.54) is 12.1 Å². The van der Waals surface area contributed by atoms with E-state index < -0.39 is 36.5 Å². The number of carbonyl (C=O) groups excluding carboxylic acids is 4. The van der Waals surface area contributed by atoms with E-state index in [-0.39, 0.29) is 18.6 Å². The zero-order chi connectivity index (χ0) is 25.0. The lowest BCUT2D eigenvalue weighted by Crippen LogP contribution is -2.52. The Morgan fingerprint density at radius 3 is 1.91 bits per heavy atom. The lowest BCUT2D eigenvalue weighted by atomic mass is 10.1. The summed E-state index contributed by atoms with van der Waals surface area (Å²) < 4.78 is 5.09. The predicted octanol–water partition coefficient (Wildman–Crippen LogP) is 2.61. The molecule has 0 unspecified atom stereocenters. The Morgan fingerprint density at radius 2 is 1.34 bits per heavy atom. The van der Waals surface area contributed by atoms with Crippen molar-refractivity contribution in [2.45, 2.75) is 19.1 Å². The van der Waals surface area contributed by atoms with E-state index in [9.17, 15) is 19.2 Å². The van der Waals surface area contributed by atoms with Crippen LogP contribution in [0.1, 0.15) is 21.5 Å². The van der Waals surface area contributed by atoms with E-state index in [0.717, 1.165) is 5.56 Å². The summed E-state index contributed by atoms with van der Waals surface area (Å²) >= 11 is 0. The highest BCUT2D eigenvalue weighted by Gasteiger charge is 2.33. The van der Waals surface area contributed by atoms with Gasteiger partial charge < -0.3 is 20.6 Å². The molecule has 0 fully saturated rings. The lowest BCUT2D eigenvalue weighted by molar-refractivity contribution is -0.179. The highest BCUT2D eigenvalue weighted by atomic mass is 16.7. The largest absolute Gasteiger partial charge is 0.445 e. The first-order chi connectivity index (χ1) is 16.9. The number of ether oxygens (including phenoxy) is 1. The molecule has 180 valence electrons. The van der Waals surface area contributed by atoms with Crippen molar-refractivity contribution in [2.75, 3.05) is 6.54 Å². The summed E-state index contributed by atoms with van der Waals surface area (Å²) in [7, 11) is 0. The normalized spacial score (nSPS) is 11.1. The zero-order valence-corrected chi connectivity index (χ0v) is 18.8. The standard InChI is InChI=1S/C26H25N3O6/c27-24(31)22(16-19-10-4-1-5-11-19)29(35-25(32)21-14-8-3-9-15-21)23(30)17-28-26(33)34-18-20-12-6-2-7-13-20/h1-15,22H,16-18H2,(H2,27,31)(H,28,33)/t22-/m0/s1. The van der Waals surface area contributed by atoms with Gasteiger partial charge in [-0.3, -0.25) is 9.59 Å². The molecular weight excluding hydrogens is 450 g/mol. The van der Waals surface area contributed by atoms with Crippen molar-refractivity contribution in [2.24, 2.45) is 5.73 Å². The number of nitrogens with two attached hydrogens (primary N) is 1. The van der Waals surface area contributed by atoms with Gasteiger partial charge in [0.1, 0.15) is 13.2 Å². The molecular formula is C26H25N3O6. The smallest absolute Gasteiger partial charge is 0.407 e. The van der Waals surface area contributed by atoms with Gasteiger partial charge in [-0.05, 0) is 23.3 Å². The molecule has 0 bridgehead atoms. The number of amides is 3. The fourth-order valence-corrected chi connectivity index (χ4v) is 3.14. The van der Waals surface area contributed by atoms with E-state index in [1.807, 2.05) is 6.07 Å². The van der Waals surface area contributed by atoms with Crippen LogP contribution < -0.4 is 11.1 Å². The molecule has 0 heterocycles. The fraction of sp³-hybridized carbons (Fsp3) is 0.154. The minimum absolute atomic E-state index is 0.00242. The van der Waals surface area contributed by atoms with Crippen LogP contribution in [0.4, 0.5) is 4.79 Å². The summed E-state index contributed by atoms with van der Waals surface area (Å²) in [5, 5.41) is 2.92. The third kappa shape index (κ3) is 7.71. The zero-order valence-electron chi connectivity index (χ0n) is 18.8. The molecule has 9 nitrogen and oxygen atoms in total. The van der Waals surface area contributed by atoms with E-state index in [2.05, 4.69) is 5.32 Å². The molecule has 3 aromatic carbocycles. The van der Waals surface area contributed by atoms with E-state index in [1.54, 1.807) is 72.8 Å². The van der Waals surface area contributed by atoms with Crippen LogP contribution in [-0.2, 0) is 32.2 Å². The molecule has 35 heavy (non-hydrogen) atoms. The first kappa shape index (κ1) is 25.0. The number of hydrogen-bond acceptors (Lipinski definition) is 6. The summed E-state index contributed by atoms with van der Waals surface area (Å²) in [6.07, 6.45) is -0.849. The van der Waals surface area contributed by atoms with E-state index in [0.29, 0.717) is 10.6 Å². The Hall–Kier alpha value is -4.66. The van der Waals surface area contributed by atoms with Crippen molar-refractivity contribution < 1.29 is 28.8 Å². The molecule has 0 aliphatic carbocycles. The molecule has 0 saturated carbocycles. The van der Waals surface area contributed by atoms with Crippen LogP contribution in [-0.4, -0.2) is 41.5 Å². The first-order valence-electron chi connectivity index (χ1n) is 10.8. The number of rotatable bonds is 9. The van der Waals surface area contributed by atoms with Crippen molar-refractivity contribution in [3.63, 3.8) is 0 Å². The maximum absolute atomic E-state index is 13.0. The first-order valence-corrected chi connectivity index (χ1v) is 10.8. The minimum Gasteiger partial charge on any atom is -0.445 e. The van der Waals surface area contributed by atoms with Gasteiger partial charge in [-0.2, -0.15) is 5.06 Å². The Labute approximate surface area is 202 Å². The van der Waals surface area contributed by atoms with Crippen LogP contribution in [0.2, 0.25) is 0 Å². The van der Waals surface area contributed by atoms with Gasteiger partial charge in [0, 0.05) is 6.42 Å². The number of primary amides is 1. The van der Waals surface area contributed by atoms with Crippen LogP contribution in [0.25, 0.3) is 0 Å². The maximum Gasteiger partial charge on any atom is 0.407 e. The SMILES string of the molecule is NC(=O)[C@H](Cc1ccccc1)N(OC(=O)c1ccccc1)C(=O)CNC(=O)OCc1ccccc1. The monoisotopic (exact) mass is 475 g/mol. The molecule has 3 aromatic rings. The quantitative estimate of drug-likeness (QED) is 0.458. The van der Waals surface area contributed by atoms with Gasteiger partial charge in [0.2, 0.25) is 5.91 Å². The minimum atomic E-state index is -1.31. The summed E-state index contributed by atoms with van der Waals surface area (Å²) in [5.74, 6) is -2.59.